The second-order valence-electron chi connectivity index (χ2n) is 5.87. The quantitative estimate of drug-likeness (QED) is 0.854. The number of benzene rings is 1. The first kappa shape index (κ1) is 16.6. The molecule has 0 bridgehead atoms. The van der Waals surface area contributed by atoms with Gasteiger partial charge in [-0.15, -0.1) is 0 Å². The second-order valence-corrected chi connectivity index (χ2v) is 6.71. The molecule has 0 radical (unpaired) electrons. The lowest BCUT2D eigenvalue weighted by Gasteiger charge is -2.31. The molecule has 1 aromatic rings. The molecule has 1 aliphatic rings. The van der Waals surface area contributed by atoms with E-state index < -0.39 is 0 Å². The molecule has 2 N–H and O–H groups in total. The molecule has 3 atom stereocenters. The topological polar surface area (TPSA) is 41.1 Å². The van der Waals surface area contributed by atoms with Crippen molar-refractivity contribution in [1.82, 2.24) is 5.32 Å². The summed E-state index contributed by atoms with van der Waals surface area (Å²) in [6.45, 7) is 4.14. The van der Waals surface area contributed by atoms with Gasteiger partial charge in [0.15, 0.2) is 0 Å². The Labute approximate surface area is 136 Å². The first-order valence-corrected chi connectivity index (χ1v) is 8.25. The van der Waals surface area contributed by atoms with Gasteiger partial charge in [0.05, 0.1) is 16.8 Å². The predicted molar refractivity (Wildman–Crippen MR) is 89.1 cm³/mol. The Morgan fingerprint density at radius 3 is 2.67 bits per heavy atom. The highest BCUT2D eigenvalue weighted by molar-refractivity contribution is 6.36. The van der Waals surface area contributed by atoms with Gasteiger partial charge in [-0.3, -0.25) is 4.79 Å². The lowest BCUT2D eigenvalue weighted by atomic mass is 9.85. The fourth-order valence-corrected chi connectivity index (χ4v) is 3.25. The van der Waals surface area contributed by atoms with Crippen molar-refractivity contribution >= 4 is 34.8 Å². The van der Waals surface area contributed by atoms with Gasteiger partial charge in [0.1, 0.15) is 0 Å². The summed E-state index contributed by atoms with van der Waals surface area (Å²) in [6, 6.07) is 5.23. The second kappa shape index (κ2) is 7.48. The maximum Gasteiger partial charge on any atom is 0.241 e. The van der Waals surface area contributed by atoms with Gasteiger partial charge in [-0.2, -0.15) is 0 Å². The zero-order chi connectivity index (χ0) is 15.4. The number of nitrogens with one attached hydrogen (secondary N) is 2. The summed E-state index contributed by atoms with van der Waals surface area (Å²) < 4.78 is 0. The molecule has 2 rings (SSSR count). The van der Waals surface area contributed by atoms with Crippen LogP contribution in [-0.4, -0.2) is 18.0 Å². The van der Waals surface area contributed by atoms with E-state index in [1.54, 1.807) is 18.2 Å². The molecule has 1 aliphatic carbocycles. The summed E-state index contributed by atoms with van der Waals surface area (Å²) in [5.74, 6) is 0.546. The Balaban J connectivity index is 1.92. The average Bonchev–Trinajstić information content (AvgIpc) is 2.44. The number of halogens is 2. The van der Waals surface area contributed by atoms with Gasteiger partial charge in [-0.25, -0.2) is 0 Å². The van der Waals surface area contributed by atoms with Crippen molar-refractivity contribution in [3.8, 4) is 0 Å². The minimum Gasteiger partial charge on any atom is -0.323 e. The number of carbonyl (C=O) groups is 1. The molecular weight excluding hydrogens is 307 g/mol. The van der Waals surface area contributed by atoms with Crippen LogP contribution in [-0.2, 0) is 4.79 Å². The molecule has 0 spiro atoms. The van der Waals surface area contributed by atoms with E-state index in [1.807, 2.05) is 6.92 Å². The van der Waals surface area contributed by atoms with Crippen LogP contribution in [0.1, 0.15) is 39.5 Å². The van der Waals surface area contributed by atoms with Gasteiger partial charge in [0, 0.05) is 11.1 Å². The molecule has 0 aromatic heterocycles. The van der Waals surface area contributed by atoms with Gasteiger partial charge in [-0.1, -0.05) is 43.0 Å². The summed E-state index contributed by atoms with van der Waals surface area (Å²) in [5.41, 5.74) is 0.594. The van der Waals surface area contributed by atoms with E-state index in [9.17, 15) is 4.79 Å². The van der Waals surface area contributed by atoms with Crippen molar-refractivity contribution in [3.63, 3.8) is 0 Å². The summed E-state index contributed by atoms with van der Waals surface area (Å²) in [5, 5.41) is 7.30. The number of hydrogen-bond donors (Lipinski definition) is 2. The molecule has 3 unspecified atom stereocenters. The van der Waals surface area contributed by atoms with Crippen LogP contribution in [0.4, 0.5) is 5.69 Å². The Kier molecular flexibility index (Phi) is 5.91. The minimum atomic E-state index is -0.248. The average molecular weight is 329 g/mol. The van der Waals surface area contributed by atoms with Crippen molar-refractivity contribution < 1.29 is 4.79 Å². The molecule has 3 nitrogen and oxygen atoms in total. The van der Waals surface area contributed by atoms with Gasteiger partial charge >= 0.3 is 0 Å². The maximum atomic E-state index is 12.3. The SMILES string of the molecule is CC(NC1CCCCC1C)C(=O)Nc1ccc(Cl)cc1Cl. The Hall–Kier alpha value is -0.770. The molecule has 0 heterocycles. The van der Waals surface area contributed by atoms with Crippen molar-refractivity contribution in [1.29, 1.82) is 0 Å². The number of carbonyl (C=O) groups excluding carboxylic acids is 1. The Morgan fingerprint density at radius 2 is 2.00 bits per heavy atom. The molecule has 21 heavy (non-hydrogen) atoms. The maximum absolute atomic E-state index is 12.3. The molecule has 1 aromatic carbocycles. The van der Waals surface area contributed by atoms with Crippen LogP contribution in [0.3, 0.4) is 0 Å². The molecule has 0 aliphatic heterocycles. The van der Waals surface area contributed by atoms with Gasteiger partial charge in [-0.05, 0) is 43.9 Å². The minimum absolute atomic E-state index is 0.0722. The predicted octanol–water partition coefficient (Wildman–Crippen LogP) is 4.49. The van der Waals surface area contributed by atoms with Gasteiger partial charge in [0.25, 0.3) is 0 Å². The van der Waals surface area contributed by atoms with Gasteiger partial charge < -0.3 is 10.6 Å². The normalized spacial score (nSPS) is 23.6. The van der Waals surface area contributed by atoms with E-state index >= 15 is 0 Å². The largest absolute Gasteiger partial charge is 0.323 e. The molecule has 5 heteroatoms. The number of anilines is 1. The molecule has 0 saturated heterocycles. The zero-order valence-corrected chi connectivity index (χ0v) is 14.0. The smallest absolute Gasteiger partial charge is 0.241 e. The highest BCUT2D eigenvalue weighted by Gasteiger charge is 2.25. The molecule has 1 saturated carbocycles. The van der Waals surface area contributed by atoms with E-state index in [0.717, 1.165) is 6.42 Å². The lowest BCUT2D eigenvalue weighted by Crippen LogP contribution is -2.47. The standard InChI is InChI=1S/C16H22Cl2N2O/c1-10-5-3-4-6-14(10)19-11(2)16(21)20-15-8-7-12(17)9-13(15)18/h7-11,14,19H,3-6H2,1-2H3,(H,20,21). The van der Waals surface area contributed by atoms with Crippen LogP contribution in [0.25, 0.3) is 0 Å². The van der Waals surface area contributed by atoms with Gasteiger partial charge in [0.2, 0.25) is 5.91 Å². The Morgan fingerprint density at radius 1 is 1.29 bits per heavy atom. The van der Waals surface area contributed by atoms with Crippen LogP contribution < -0.4 is 10.6 Å². The summed E-state index contributed by atoms with van der Waals surface area (Å²) >= 11 is 11.9. The van der Waals surface area contributed by atoms with Crippen molar-refractivity contribution in [2.24, 2.45) is 5.92 Å². The molecule has 1 fully saturated rings. The lowest BCUT2D eigenvalue weighted by molar-refractivity contribution is -0.118. The zero-order valence-electron chi connectivity index (χ0n) is 12.5. The van der Waals surface area contributed by atoms with Crippen molar-refractivity contribution in [2.45, 2.75) is 51.6 Å². The number of hydrogen-bond acceptors (Lipinski definition) is 2. The third kappa shape index (κ3) is 4.60. The first-order valence-electron chi connectivity index (χ1n) is 7.49. The fourth-order valence-electron chi connectivity index (χ4n) is 2.79. The van der Waals surface area contributed by atoms with E-state index in [1.165, 1.54) is 19.3 Å². The van der Waals surface area contributed by atoms with Crippen LogP contribution in [0, 0.1) is 5.92 Å². The molecule has 116 valence electrons. The van der Waals surface area contributed by atoms with E-state index in [2.05, 4.69) is 17.6 Å². The number of rotatable bonds is 4. The monoisotopic (exact) mass is 328 g/mol. The van der Waals surface area contributed by atoms with E-state index in [4.69, 9.17) is 23.2 Å². The Bertz CT molecular complexity index is 507. The van der Waals surface area contributed by atoms with E-state index in [0.29, 0.717) is 27.7 Å². The highest BCUT2D eigenvalue weighted by atomic mass is 35.5. The number of amides is 1. The highest BCUT2D eigenvalue weighted by Crippen LogP contribution is 2.26. The third-order valence-corrected chi connectivity index (χ3v) is 4.71. The molecular formula is C16H22Cl2N2O. The summed E-state index contributed by atoms with van der Waals surface area (Å²) in [6.07, 6.45) is 4.90. The van der Waals surface area contributed by atoms with Crippen LogP contribution in [0.2, 0.25) is 10.0 Å². The van der Waals surface area contributed by atoms with Crippen molar-refractivity contribution in [2.75, 3.05) is 5.32 Å². The summed E-state index contributed by atoms with van der Waals surface area (Å²) in [4.78, 5) is 12.3. The van der Waals surface area contributed by atoms with Crippen molar-refractivity contribution in [3.05, 3.63) is 28.2 Å². The summed E-state index contributed by atoms with van der Waals surface area (Å²) in [7, 11) is 0. The molecule has 1 amide bonds. The third-order valence-electron chi connectivity index (χ3n) is 4.16. The first-order chi connectivity index (χ1) is 9.97. The fraction of sp³-hybridized carbons (Fsp3) is 0.562. The van der Waals surface area contributed by atoms with E-state index in [-0.39, 0.29) is 11.9 Å². The van der Waals surface area contributed by atoms with Crippen LogP contribution in [0.5, 0.6) is 0 Å². The van der Waals surface area contributed by atoms with Crippen LogP contribution >= 0.6 is 23.2 Å². The van der Waals surface area contributed by atoms with Crippen LogP contribution in [0.15, 0.2) is 18.2 Å².